The Morgan fingerprint density at radius 1 is 1.28 bits per heavy atom. The van der Waals surface area contributed by atoms with E-state index >= 15 is 0 Å². The second kappa shape index (κ2) is 5.81. The van der Waals surface area contributed by atoms with E-state index in [0.29, 0.717) is 12.1 Å². The molecule has 2 rings (SSSR count). The number of hydrogen-bond donors (Lipinski definition) is 1. The Bertz CT molecular complexity index is 504. The fourth-order valence-electron chi connectivity index (χ4n) is 2.40. The first-order chi connectivity index (χ1) is 8.56. The first-order valence-corrected chi connectivity index (χ1v) is 7.53. The van der Waals surface area contributed by atoms with Gasteiger partial charge in [-0.1, -0.05) is 13.8 Å². The van der Waals surface area contributed by atoms with Crippen molar-refractivity contribution in [3.8, 4) is 0 Å². The van der Waals surface area contributed by atoms with Crippen molar-refractivity contribution in [2.75, 3.05) is 0 Å². The molecule has 3 heteroatoms. The Balaban J connectivity index is 2.05. The van der Waals surface area contributed by atoms with Crippen LogP contribution in [-0.4, -0.2) is 11.0 Å². The largest absolute Gasteiger partial charge is 0.308 e. The van der Waals surface area contributed by atoms with Crippen molar-refractivity contribution in [1.82, 2.24) is 10.3 Å². The van der Waals surface area contributed by atoms with Gasteiger partial charge in [0, 0.05) is 18.3 Å². The highest BCUT2D eigenvalue weighted by Crippen LogP contribution is 2.23. The second-order valence-corrected chi connectivity index (χ2v) is 6.44. The van der Waals surface area contributed by atoms with Gasteiger partial charge in [-0.25, -0.2) is 0 Å². The molecule has 0 amide bonds. The van der Waals surface area contributed by atoms with E-state index in [1.807, 2.05) is 6.20 Å². The molecule has 1 N–H and O–H groups in total. The lowest BCUT2D eigenvalue weighted by Crippen LogP contribution is -2.30. The molecule has 0 spiro atoms. The van der Waals surface area contributed by atoms with Gasteiger partial charge >= 0.3 is 0 Å². The molecule has 0 saturated carbocycles. The van der Waals surface area contributed by atoms with Crippen LogP contribution in [0.25, 0.3) is 10.2 Å². The Kier molecular flexibility index (Phi) is 4.36. The van der Waals surface area contributed by atoms with E-state index in [2.05, 4.69) is 55.5 Å². The fourth-order valence-corrected chi connectivity index (χ4v) is 3.19. The van der Waals surface area contributed by atoms with Gasteiger partial charge in [0.2, 0.25) is 0 Å². The molecule has 98 valence electrons. The number of pyridine rings is 1. The summed E-state index contributed by atoms with van der Waals surface area (Å²) in [5, 5.41) is 5.75. The highest BCUT2D eigenvalue weighted by Gasteiger charge is 2.11. The van der Waals surface area contributed by atoms with E-state index < -0.39 is 0 Å². The van der Waals surface area contributed by atoms with E-state index in [4.69, 9.17) is 0 Å². The van der Waals surface area contributed by atoms with Crippen molar-refractivity contribution in [1.29, 1.82) is 0 Å². The molecule has 2 atom stereocenters. The summed E-state index contributed by atoms with van der Waals surface area (Å²) in [5.74, 6) is 0.734. The van der Waals surface area contributed by atoms with Crippen LogP contribution < -0.4 is 5.32 Å². The molecular weight excluding hydrogens is 240 g/mol. The third-order valence-electron chi connectivity index (χ3n) is 3.18. The molecule has 2 unspecified atom stereocenters. The van der Waals surface area contributed by atoms with Gasteiger partial charge in [-0.3, -0.25) is 4.98 Å². The summed E-state index contributed by atoms with van der Waals surface area (Å²) >= 11 is 1.76. The predicted molar refractivity (Wildman–Crippen MR) is 80.1 cm³/mol. The number of rotatable bonds is 5. The van der Waals surface area contributed by atoms with Crippen molar-refractivity contribution in [3.05, 3.63) is 29.3 Å². The smallest absolute Gasteiger partial charge is 0.0809 e. The number of fused-ring (bicyclic) bond motifs is 1. The standard InChI is InChI=1S/C15H22N2S/c1-10(2)7-11(3)17-12(4)13-8-15-14(16-9-13)5-6-18-15/h5-6,8-12,17H,7H2,1-4H3. The second-order valence-electron chi connectivity index (χ2n) is 5.49. The van der Waals surface area contributed by atoms with E-state index in [1.165, 1.54) is 16.7 Å². The molecule has 0 radical (unpaired) electrons. The maximum atomic E-state index is 4.50. The molecule has 2 heterocycles. The van der Waals surface area contributed by atoms with Crippen LogP contribution in [0.15, 0.2) is 23.7 Å². The number of nitrogens with one attached hydrogen (secondary N) is 1. The van der Waals surface area contributed by atoms with Crippen molar-refractivity contribution in [2.45, 2.75) is 46.2 Å². The van der Waals surface area contributed by atoms with E-state index in [0.717, 1.165) is 11.4 Å². The third kappa shape index (κ3) is 3.30. The summed E-state index contributed by atoms with van der Waals surface area (Å²) in [6, 6.07) is 5.23. The van der Waals surface area contributed by atoms with Gasteiger partial charge in [0.1, 0.15) is 0 Å². The minimum Gasteiger partial charge on any atom is -0.308 e. The van der Waals surface area contributed by atoms with Crippen LogP contribution >= 0.6 is 11.3 Å². The van der Waals surface area contributed by atoms with E-state index in [-0.39, 0.29) is 0 Å². The maximum absolute atomic E-state index is 4.50. The zero-order chi connectivity index (χ0) is 13.1. The molecule has 0 aromatic carbocycles. The van der Waals surface area contributed by atoms with Crippen LogP contribution in [0.5, 0.6) is 0 Å². The quantitative estimate of drug-likeness (QED) is 0.865. The predicted octanol–water partition coefficient (Wildman–Crippen LogP) is 4.38. The van der Waals surface area contributed by atoms with Crippen LogP contribution in [0.3, 0.4) is 0 Å². The number of aromatic nitrogens is 1. The van der Waals surface area contributed by atoms with Gasteiger partial charge in [-0.05, 0) is 49.3 Å². The number of hydrogen-bond acceptors (Lipinski definition) is 3. The minimum absolute atomic E-state index is 0.359. The zero-order valence-corrected chi connectivity index (χ0v) is 12.4. The van der Waals surface area contributed by atoms with Crippen LogP contribution in [-0.2, 0) is 0 Å². The minimum atomic E-state index is 0.359. The summed E-state index contributed by atoms with van der Waals surface area (Å²) in [5.41, 5.74) is 2.38. The SMILES string of the molecule is CC(C)CC(C)NC(C)c1cnc2ccsc2c1. The number of nitrogens with zero attached hydrogens (tertiary/aromatic N) is 1. The van der Waals surface area contributed by atoms with Crippen LogP contribution in [0, 0.1) is 5.92 Å². The van der Waals surface area contributed by atoms with Gasteiger partial charge in [0.05, 0.1) is 10.2 Å². The average molecular weight is 262 g/mol. The molecular formula is C15H22N2S. The first-order valence-electron chi connectivity index (χ1n) is 6.65. The summed E-state index contributed by atoms with van der Waals surface area (Å²) in [6.45, 7) is 9.01. The lowest BCUT2D eigenvalue weighted by molar-refractivity contribution is 0.406. The van der Waals surface area contributed by atoms with Gasteiger partial charge < -0.3 is 5.32 Å². The highest BCUT2D eigenvalue weighted by molar-refractivity contribution is 7.17. The molecule has 2 aromatic rings. The third-order valence-corrected chi connectivity index (χ3v) is 4.04. The summed E-state index contributed by atoms with van der Waals surface area (Å²) < 4.78 is 1.28. The van der Waals surface area contributed by atoms with Crippen molar-refractivity contribution < 1.29 is 0 Å². The molecule has 0 saturated heterocycles. The summed E-state index contributed by atoms with van der Waals surface area (Å²) in [4.78, 5) is 4.50. The molecule has 0 bridgehead atoms. The van der Waals surface area contributed by atoms with Crippen LogP contribution in [0.4, 0.5) is 0 Å². The summed E-state index contributed by atoms with van der Waals surface area (Å²) in [7, 11) is 0. The Hall–Kier alpha value is -0.930. The lowest BCUT2D eigenvalue weighted by atomic mass is 10.0. The Morgan fingerprint density at radius 2 is 2.06 bits per heavy atom. The maximum Gasteiger partial charge on any atom is 0.0809 e. The molecule has 2 aromatic heterocycles. The molecule has 0 aliphatic carbocycles. The summed E-state index contributed by atoms with van der Waals surface area (Å²) in [6.07, 6.45) is 3.20. The Labute approximate surface area is 113 Å². The number of thiophene rings is 1. The molecule has 0 aliphatic heterocycles. The topological polar surface area (TPSA) is 24.9 Å². The molecule has 0 aliphatic rings. The molecule has 2 nitrogen and oxygen atoms in total. The van der Waals surface area contributed by atoms with E-state index in [1.54, 1.807) is 11.3 Å². The fraction of sp³-hybridized carbons (Fsp3) is 0.533. The molecule has 18 heavy (non-hydrogen) atoms. The van der Waals surface area contributed by atoms with E-state index in [9.17, 15) is 0 Å². The van der Waals surface area contributed by atoms with Crippen molar-refractivity contribution >= 4 is 21.6 Å². The van der Waals surface area contributed by atoms with Crippen molar-refractivity contribution in [3.63, 3.8) is 0 Å². The zero-order valence-electron chi connectivity index (χ0n) is 11.6. The molecule has 0 fully saturated rings. The monoisotopic (exact) mass is 262 g/mol. The van der Waals surface area contributed by atoms with Gasteiger partial charge in [-0.15, -0.1) is 11.3 Å². The Morgan fingerprint density at radius 3 is 2.78 bits per heavy atom. The normalized spacial score (nSPS) is 15.2. The highest BCUT2D eigenvalue weighted by atomic mass is 32.1. The van der Waals surface area contributed by atoms with Crippen LogP contribution in [0.1, 0.15) is 45.7 Å². The van der Waals surface area contributed by atoms with Gasteiger partial charge in [0.25, 0.3) is 0 Å². The first kappa shape index (κ1) is 13.5. The van der Waals surface area contributed by atoms with Crippen molar-refractivity contribution in [2.24, 2.45) is 5.92 Å². The van der Waals surface area contributed by atoms with Gasteiger partial charge in [0.15, 0.2) is 0 Å². The lowest BCUT2D eigenvalue weighted by Gasteiger charge is -2.21. The van der Waals surface area contributed by atoms with Gasteiger partial charge in [-0.2, -0.15) is 0 Å². The van der Waals surface area contributed by atoms with Crippen LogP contribution in [0.2, 0.25) is 0 Å². The average Bonchev–Trinajstić information content (AvgIpc) is 2.74.